The first-order chi connectivity index (χ1) is 8.41. The predicted molar refractivity (Wildman–Crippen MR) is 82.6 cm³/mol. The average molecular weight is 473 g/mol. The minimum atomic E-state index is -1.07. The van der Waals surface area contributed by atoms with Gasteiger partial charge in [-0.25, -0.2) is 4.79 Å². The van der Waals surface area contributed by atoms with E-state index in [2.05, 4.69) is 5.32 Å². The Morgan fingerprint density at radius 3 is 2.61 bits per heavy atom. The molecule has 18 heavy (non-hydrogen) atoms. The van der Waals surface area contributed by atoms with Crippen molar-refractivity contribution in [2.45, 2.75) is 0 Å². The standard InChI is InChI=1S/C11H9I2NO4/c12-6-4-7(10(17)8(13)5-6)11(18)14-3-1-2-9(15)16/h1-2,4-5,17H,3H2,(H,14,18)(H,15,16)/b2-1+. The Balaban J connectivity index is 2.76. The normalized spacial score (nSPS) is 10.6. The maximum atomic E-state index is 11.8. The van der Waals surface area contributed by atoms with Crippen molar-refractivity contribution in [1.82, 2.24) is 5.32 Å². The molecule has 7 heteroatoms. The number of aromatic hydroxyl groups is 1. The minimum absolute atomic E-state index is 0.0734. The van der Waals surface area contributed by atoms with Gasteiger partial charge in [0.1, 0.15) is 5.75 Å². The third-order valence-electron chi connectivity index (χ3n) is 1.91. The fraction of sp³-hybridized carbons (Fsp3) is 0.0909. The summed E-state index contributed by atoms with van der Waals surface area (Å²) in [7, 11) is 0. The van der Waals surface area contributed by atoms with Crippen LogP contribution in [0, 0.1) is 7.14 Å². The largest absolute Gasteiger partial charge is 0.506 e. The third kappa shape index (κ3) is 4.44. The van der Waals surface area contributed by atoms with Crippen molar-refractivity contribution in [3.05, 3.63) is 37.0 Å². The summed E-state index contributed by atoms with van der Waals surface area (Å²) < 4.78 is 1.42. The molecule has 1 aromatic rings. The van der Waals surface area contributed by atoms with E-state index in [0.29, 0.717) is 3.57 Å². The summed E-state index contributed by atoms with van der Waals surface area (Å²) in [6.45, 7) is 0.0899. The van der Waals surface area contributed by atoms with Crippen LogP contribution >= 0.6 is 45.2 Å². The van der Waals surface area contributed by atoms with E-state index in [4.69, 9.17) is 5.11 Å². The number of aliphatic carboxylic acids is 1. The van der Waals surface area contributed by atoms with Gasteiger partial charge in [-0.3, -0.25) is 4.79 Å². The molecule has 1 aromatic carbocycles. The Bertz CT molecular complexity index is 514. The van der Waals surface area contributed by atoms with Crippen LogP contribution in [0.15, 0.2) is 24.3 Å². The van der Waals surface area contributed by atoms with E-state index < -0.39 is 11.9 Å². The SMILES string of the molecule is O=C(O)/C=C/CNC(=O)c1cc(I)cc(I)c1O. The van der Waals surface area contributed by atoms with Crippen LogP contribution in [0.1, 0.15) is 10.4 Å². The summed E-state index contributed by atoms with van der Waals surface area (Å²) in [5, 5.41) is 20.6. The van der Waals surface area contributed by atoms with Gasteiger partial charge >= 0.3 is 5.97 Å². The first-order valence-electron chi connectivity index (χ1n) is 4.77. The second-order valence-electron chi connectivity index (χ2n) is 3.23. The summed E-state index contributed by atoms with van der Waals surface area (Å²) in [5.41, 5.74) is 0.176. The number of hydrogen-bond donors (Lipinski definition) is 3. The second kappa shape index (κ2) is 6.92. The predicted octanol–water partition coefficient (Wildman–Crippen LogP) is 1.97. The van der Waals surface area contributed by atoms with E-state index in [9.17, 15) is 14.7 Å². The highest BCUT2D eigenvalue weighted by Crippen LogP contribution is 2.26. The molecule has 0 fully saturated rings. The quantitative estimate of drug-likeness (QED) is 0.462. The average Bonchev–Trinajstić information content (AvgIpc) is 2.28. The lowest BCUT2D eigenvalue weighted by molar-refractivity contribution is -0.131. The van der Waals surface area contributed by atoms with Crippen molar-refractivity contribution in [3.8, 4) is 5.75 Å². The van der Waals surface area contributed by atoms with Crippen LogP contribution in [-0.4, -0.2) is 28.6 Å². The van der Waals surface area contributed by atoms with E-state index in [-0.39, 0.29) is 17.9 Å². The molecule has 3 N–H and O–H groups in total. The van der Waals surface area contributed by atoms with Gasteiger partial charge in [0.15, 0.2) is 0 Å². The Labute approximate surface area is 131 Å². The number of carboxylic acid groups (broad SMARTS) is 1. The van der Waals surface area contributed by atoms with Crippen LogP contribution in [0.5, 0.6) is 5.75 Å². The van der Waals surface area contributed by atoms with E-state index in [1.165, 1.54) is 6.08 Å². The van der Waals surface area contributed by atoms with Gasteiger partial charge < -0.3 is 15.5 Å². The van der Waals surface area contributed by atoms with E-state index in [1.807, 2.05) is 45.2 Å². The van der Waals surface area contributed by atoms with Crippen LogP contribution in [0.25, 0.3) is 0 Å². The van der Waals surface area contributed by atoms with E-state index in [1.54, 1.807) is 12.1 Å². The lowest BCUT2D eigenvalue weighted by Crippen LogP contribution is -2.23. The first kappa shape index (κ1) is 15.2. The second-order valence-corrected chi connectivity index (χ2v) is 5.64. The number of carboxylic acids is 1. The number of benzene rings is 1. The first-order valence-corrected chi connectivity index (χ1v) is 6.93. The Morgan fingerprint density at radius 2 is 2.00 bits per heavy atom. The van der Waals surface area contributed by atoms with Crippen LogP contribution in [0.4, 0.5) is 0 Å². The fourth-order valence-corrected chi connectivity index (χ4v) is 2.99. The van der Waals surface area contributed by atoms with Gasteiger partial charge in [0.2, 0.25) is 0 Å². The lowest BCUT2D eigenvalue weighted by Gasteiger charge is -2.07. The summed E-state index contributed by atoms with van der Waals surface area (Å²) in [6, 6.07) is 3.31. The molecule has 0 aromatic heterocycles. The number of carbonyl (C=O) groups excluding carboxylic acids is 1. The topological polar surface area (TPSA) is 86.6 Å². The molecule has 0 atom stereocenters. The maximum Gasteiger partial charge on any atom is 0.328 e. The molecule has 1 amide bonds. The molecule has 0 aliphatic carbocycles. The number of amides is 1. The van der Waals surface area contributed by atoms with Gasteiger partial charge in [0.25, 0.3) is 5.91 Å². The zero-order chi connectivity index (χ0) is 13.7. The van der Waals surface area contributed by atoms with Crippen molar-refractivity contribution in [1.29, 1.82) is 0 Å². The van der Waals surface area contributed by atoms with Gasteiger partial charge in [-0.05, 0) is 57.3 Å². The lowest BCUT2D eigenvalue weighted by atomic mass is 10.2. The number of carbonyl (C=O) groups is 2. The summed E-state index contributed by atoms with van der Waals surface area (Å²) in [4.78, 5) is 22.0. The highest BCUT2D eigenvalue weighted by atomic mass is 127. The van der Waals surface area contributed by atoms with Crippen LogP contribution in [0.2, 0.25) is 0 Å². The Hall–Kier alpha value is -0.840. The zero-order valence-electron chi connectivity index (χ0n) is 8.98. The molecule has 0 saturated heterocycles. The van der Waals surface area contributed by atoms with Crippen LogP contribution in [-0.2, 0) is 4.79 Å². The fourth-order valence-electron chi connectivity index (χ4n) is 1.15. The zero-order valence-corrected chi connectivity index (χ0v) is 13.3. The molecule has 5 nitrogen and oxygen atoms in total. The molecule has 0 spiro atoms. The summed E-state index contributed by atoms with van der Waals surface area (Å²) >= 11 is 3.98. The number of halogens is 2. The number of phenols is 1. The molecule has 0 unspecified atom stereocenters. The van der Waals surface area contributed by atoms with Crippen molar-refractivity contribution in [2.24, 2.45) is 0 Å². The maximum absolute atomic E-state index is 11.8. The molecule has 0 bridgehead atoms. The number of hydrogen-bond acceptors (Lipinski definition) is 3. The summed E-state index contributed by atoms with van der Waals surface area (Å²) in [5.74, 6) is -1.59. The monoisotopic (exact) mass is 473 g/mol. The van der Waals surface area contributed by atoms with Gasteiger partial charge in [0.05, 0.1) is 9.13 Å². The van der Waals surface area contributed by atoms with Gasteiger partial charge in [0, 0.05) is 16.2 Å². The van der Waals surface area contributed by atoms with Crippen molar-refractivity contribution in [3.63, 3.8) is 0 Å². The van der Waals surface area contributed by atoms with Gasteiger partial charge in [-0.15, -0.1) is 0 Å². The van der Waals surface area contributed by atoms with Gasteiger partial charge in [-0.1, -0.05) is 6.08 Å². The molecule has 0 radical (unpaired) electrons. The Morgan fingerprint density at radius 1 is 1.33 bits per heavy atom. The van der Waals surface area contributed by atoms with Crippen molar-refractivity contribution in [2.75, 3.05) is 6.54 Å². The molecule has 1 rings (SSSR count). The van der Waals surface area contributed by atoms with Gasteiger partial charge in [-0.2, -0.15) is 0 Å². The van der Waals surface area contributed by atoms with Crippen LogP contribution < -0.4 is 5.32 Å². The van der Waals surface area contributed by atoms with Crippen LogP contribution in [0.3, 0.4) is 0 Å². The summed E-state index contributed by atoms with van der Waals surface area (Å²) in [6.07, 6.45) is 2.26. The highest BCUT2D eigenvalue weighted by Gasteiger charge is 2.13. The molecule has 96 valence electrons. The smallest absolute Gasteiger partial charge is 0.328 e. The van der Waals surface area contributed by atoms with Crippen molar-refractivity contribution < 1.29 is 19.8 Å². The number of rotatable bonds is 4. The molecular weight excluding hydrogens is 464 g/mol. The molecule has 0 aliphatic heterocycles. The number of phenolic OH excluding ortho intramolecular Hbond substituents is 1. The van der Waals surface area contributed by atoms with Crippen molar-refractivity contribution >= 4 is 57.1 Å². The highest BCUT2D eigenvalue weighted by molar-refractivity contribution is 14.1. The molecule has 0 aliphatic rings. The molecule has 0 saturated carbocycles. The van der Waals surface area contributed by atoms with E-state index in [0.717, 1.165) is 9.65 Å². The molecule has 0 heterocycles. The minimum Gasteiger partial charge on any atom is -0.506 e. The van der Waals surface area contributed by atoms with E-state index >= 15 is 0 Å². The third-order valence-corrected chi connectivity index (χ3v) is 3.36. The molecular formula is C11H9I2NO4. The Kier molecular flexibility index (Phi) is 5.85. The number of nitrogens with one attached hydrogen (secondary N) is 1.